The van der Waals surface area contributed by atoms with Gasteiger partial charge < -0.3 is 16.0 Å². The molecule has 3 rings (SSSR count). The smallest absolute Gasteiger partial charge is 0.229 e. The summed E-state index contributed by atoms with van der Waals surface area (Å²) in [5.41, 5.74) is 3.47. The van der Waals surface area contributed by atoms with E-state index >= 15 is 0 Å². The van der Waals surface area contributed by atoms with Gasteiger partial charge in [0.1, 0.15) is 5.82 Å². The average molecular weight is 361 g/mol. The van der Waals surface area contributed by atoms with Crippen molar-refractivity contribution in [1.82, 2.24) is 9.97 Å². The number of hydrogen-bond donors (Lipinski definition) is 3. The quantitative estimate of drug-likeness (QED) is 0.570. The molecule has 0 aliphatic carbocycles. The maximum absolute atomic E-state index is 11.1. The Balaban J connectivity index is 1.86. The van der Waals surface area contributed by atoms with Gasteiger partial charge in [-0.05, 0) is 30.7 Å². The van der Waals surface area contributed by atoms with Crippen LogP contribution in [0.2, 0.25) is 0 Å². The second kappa shape index (κ2) is 8.80. The number of carbonyl (C=O) groups excluding carboxylic acids is 1. The van der Waals surface area contributed by atoms with Crippen LogP contribution in [0.4, 0.5) is 23.1 Å². The van der Waals surface area contributed by atoms with Gasteiger partial charge in [0.25, 0.3) is 0 Å². The Labute approximate surface area is 159 Å². The summed E-state index contributed by atoms with van der Waals surface area (Å²) in [6.45, 7) is 4.44. The van der Waals surface area contributed by atoms with E-state index in [9.17, 15) is 4.79 Å². The summed E-state index contributed by atoms with van der Waals surface area (Å²) in [6.07, 6.45) is 1.01. The molecule has 1 aromatic heterocycles. The first kappa shape index (κ1) is 18.4. The molecule has 27 heavy (non-hydrogen) atoms. The van der Waals surface area contributed by atoms with E-state index in [1.54, 1.807) is 0 Å². The van der Waals surface area contributed by atoms with Gasteiger partial charge in [0.2, 0.25) is 11.9 Å². The van der Waals surface area contributed by atoms with Crippen molar-refractivity contribution < 1.29 is 4.79 Å². The summed E-state index contributed by atoms with van der Waals surface area (Å²) in [5.74, 6) is 1.20. The van der Waals surface area contributed by atoms with Gasteiger partial charge in [0, 0.05) is 36.5 Å². The van der Waals surface area contributed by atoms with Crippen molar-refractivity contribution in [3.05, 3.63) is 60.7 Å². The molecular formula is C21H23N5O. The van der Waals surface area contributed by atoms with Gasteiger partial charge in [0.15, 0.2) is 0 Å². The van der Waals surface area contributed by atoms with E-state index in [0.717, 1.165) is 41.4 Å². The van der Waals surface area contributed by atoms with Crippen molar-refractivity contribution in [2.45, 2.75) is 20.3 Å². The van der Waals surface area contributed by atoms with Crippen molar-refractivity contribution >= 4 is 29.0 Å². The van der Waals surface area contributed by atoms with E-state index < -0.39 is 0 Å². The third-order valence-electron chi connectivity index (χ3n) is 3.81. The number of nitrogens with one attached hydrogen (secondary N) is 3. The zero-order valence-electron chi connectivity index (χ0n) is 15.5. The molecule has 3 aromatic rings. The van der Waals surface area contributed by atoms with Gasteiger partial charge >= 0.3 is 0 Å². The zero-order valence-corrected chi connectivity index (χ0v) is 15.5. The molecule has 6 heteroatoms. The predicted molar refractivity (Wildman–Crippen MR) is 110 cm³/mol. The van der Waals surface area contributed by atoms with E-state index in [4.69, 9.17) is 0 Å². The molecule has 0 bridgehead atoms. The third-order valence-corrected chi connectivity index (χ3v) is 3.81. The van der Waals surface area contributed by atoms with E-state index in [1.807, 2.05) is 60.7 Å². The standard InChI is InChI=1S/C21H23N5O/c1-3-13-22-20-14-19(16-7-5-4-6-8-16)25-21(26-20)24-18-11-9-17(10-12-18)23-15(2)27/h4-12,14H,3,13H2,1-2H3,(H,23,27)(H2,22,24,25,26). The topological polar surface area (TPSA) is 78.9 Å². The molecule has 0 aliphatic rings. The van der Waals surface area contributed by atoms with Crippen LogP contribution < -0.4 is 16.0 Å². The SMILES string of the molecule is CCCNc1cc(-c2ccccc2)nc(Nc2ccc(NC(C)=O)cc2)n1. The number of hydrogen-bond acceptors (Lipinski definition) is 5. The Bertz CT molecular complexity index is 894. The van der Waals surface area contributed by atoms with Crippen LogP contribution >= 0.6 is 0 Å². The first-order valence-electron chi connectivity index (χ1n) is 8.97. The van der Waals surface area contributed by atoms with Gasteiger partial charge in [-0.2, -0.15) is 4.98 Å². The molecular weight excluding hydrogens is 338 g/mol. The van der Waals surface area contributed by atoms with Gasteiger partial charge in [-0.1, -0.05) is 37.3 Å². The minimum Gasteiger partial charge on any atom is -0.370 e. The highest BCUT2D eigenvalue weighted by atomic mass is 16.1. The number of nitrogens with zero attached hydrogens (tertiary/aromatic N) is 2. The van der Waals surface area contributed by atoms with Crippen LogP contribution in [0.25, 0.3) is 11.3 Å². The van der Waals surface area contributed by atoms with Crippen molar-refractivity contribution in [3.63, 3.8) is 0 Å². The van der Waals surface area contributed by atoms with Crippen LogP contribution in [0.3, 0.4) is 0 Å². The molecule has 0 fully saturated rings. The van der Waals surface area contributed by atoms with Crippen LogP contribution in [0, 0.1) is 0 Å². The Hall–Kier alpha value is -3.41. The number of anilines is 4. The predicted octanol–water partition coefficient (Wildman–Crippen LogP) is 4.67. The molecule has 1 heterocycles. The van der Waals surface area contributed by atoms with E-state index in [-0.39, 0.29) is 5.91 Å². The largest absolute Gasteiger partial charge is 0.370 e. The van der Waals surface area contributed by atoms with Crippen molar-refractivity contribution in [2.75, 3.05) is 22.5 Å². The van der Waals surface area contributed by atoms with Crippen LogP contribution in [0.15, 0.2) is 60.7 Å². The normalized spacial score (nSPS) is 10.3. The molecule has 0 saturated carbocycles. The molecule has 138 valence electrons. The summed E-state index contributed by atoms with van der Waals surface area (Å²) in [5, 5.41) is 9.31. The van der Waals surface area contributed by atoms with Crippen LogP contribution in [-0.2, 0) is 4.79 Å². The highest BCUT2D eigenvalue weighted by molar-refractivity contribution is 5.88. The van der Waals surface area contributed by atoms with Crippen LogP contribution in [0.5, 0.6) is 0 Å². The lowest BCUT2D eigenvalue weighted by Gasteiger charge is -2.11. The Morgan fingerprint density at radius 3 is 2.33 bits per heavy atom. The number of carbonyl (C=O) groups is 1. The van der Waals surface area contributed by atoms with E-state index in [2.05, 4.69) is 32.8 Å². The van der Waals surface area contributed by atoms with E-state index in [0.29, 0.717) is 5.95 Å². The zero-order chi connectivity index (χ0) is 19.1. The monoisotopic (exact) mass is 361 g/mol. The first-order chi connectivity index (χ1) is 13.1. The highest BCUT2D eigenvalue weighted by Gasteiger charge is 2.07. The number of amides is 1. The fraction of sp³-hybridized carbons (Fsp3) is 0.190. The summed E-state index contributed by atoms with van der Waals surface area (Å²) >= 11 is 0. The summed E-state index contributed by atoms with van der Waals surface area (Å²) in [4.78, 5) is 20.3. The van der Waals surface area contributed by atoms with Crippen molar-refractivity contribution in [2.24, 2.45) is 0 Å². The van der Waals surface area contributed by atoms with Gasteiger partial charge in [-0.25, -0.2) is 4.98 Å². The highest BCUT2D eigenvalue weighted by Crippen LogP contribution is 2.23. The molecule has 0 atom stereocenters. The average Bonchev–Trinajstić information content (AvgIpc) is 2.68. The minimum atomic E-state index is -0.0961. The van der Waals surface area contributed by atoms with Crippen molar-refractivity contribution in [3.8, 4) is 11.3 Å². The second-order valence-corrected chi connectivity index (χ2v) is 6.14. The number of rotatable bonds is 7. The maximum Gasteiger partial charge on any atom is 0.229 e. The fourth-order valence-corrected chi connectivity index (χ4v) is 2.57. The molecule has 0 radical (unpaired) electrons. The summed E-state index contributed by atoms with van der Waals surface area (Å²) in [6, 6.07) is 19.4. The van der Waals surface area contributed by atoms with Gasteiger partial charge in [0.05, 0.1) is 5.69 Å². The van der Waals surface area contributed by atoms with Crippen LogP contribution in [-0.4, -0.2) is 22.4 Å². The Kier molecular flexibility index (Phi) is 5.99. The number of aromatic nitrogens is 2. The molecule has 0 saturated heterocycles. The number of benzene rings is 2. The Morgan fingerprint density at radius 1 is 0.963 bits per heavy atom. The lowest BCUT2D eigenvalue weighted by Crippen LogP contribution is -2.07. The molecule has 3 N–H and O–H groups in total. The molecule has 2 aromatic carbocycles. The first-order valence-corrected chi connectivity index (χ1v) is 8.97. The lowest BCUT2D eigenvalue weighted by molar-refractivity contribution is -0.114. The van der Waals surface area contributed by atoms with E-state index in [1.165, 1.54) is 6.92 Å². The van der Waals surface area contributed by atoms with Crippen molar-refractivity contribution in [1.29, 1.82) is 0 Å². The molecule has 6 nitrogen and oxygen atoms in total. The maximum atomic E-state index is 11.1. The third kappa shape index (κ3) is 5.28. The molecule has 1 amide bonds. The van der Waals surface area contributed by atoms with Crippen LogP contribution in [0.1, 0.15) is 20.3 Å². The molecule has 0 spiro atoms. The molecule has 0 aliphatic heterocycles. The minimum absolute atomic E-state index is 0.0961. The van der Waals surface area contributed by atoms with Gasteiger partial charge in [-0.3, -0.25) is 4.79 Å². The lowest BCUT2D eigenvalue weighted by atomic mass is 10.1. The van der Waals surface area contributed by atoms with Gasteiger partial charge in [-0.15, -0.1) is 0 Å². The Morgan fingerprint density at radius 2 is 1.67 bits per heavy atom. The second-order valence-electron chi connectivity index (χ2n) is 6.14. The summed E-state index contributed by atoms with van der Waals surface area (Å²) in [7, 11) is 0. The molecule has 0 unspecified atom stereocenters. The fourth-order valence-electron chi connectivity index (χ4n) is 2.57. The summed E-state index contributed by atoms with van der Waals surface area (Å²) < 4.78 is 0.